The van der Waals surface area contributed by atoms with Crippen LogP contribution in [0.1, 0.15) is 24.4 Å². The van der Waals surface area contributed by atoms with Crippen molar-refractivity contribution in [3.63, 3.8) is 0 Å². The van der Waals surface area contributed by atoms with Crippen LogP contribution < -0.4 is 0 Å². The van der Waals surface area contributed by atoms with Crippen molar-refractivity contribution in [2.45, 2.75) is 24.9 Å². The van der Waals surface area contributed by atoms with E-state index in [9.17, 15) is 9.90 Å². The van der Waals surface area contributed by atoms with Crippen LogP contribution >= 0.6 is 0 Å². The summed E-state index contributed by atoms with van der Waals surface area (Å²) >= 11 is 0. The minimum Gasteiger partial charge on any atom is -0.480 e. The third-order valence-electron chi connectivity index (χ3n) is 3.83. The maximum absolute atomic E-state index is 11.5. The van der Waals surface area contributed by atoms with E-state index in [1.54, 1.807) is 6.33 Å². The summed E-state index contributed by atoms with van der Waals surface area (Å²) in [5, 5.41) is 9.48. The van der Waals surface area contributed by atoms with Gasteiger partial charge in [-0.1, -0.05) is 6.07 Å². The van der Waals surface area contributed by atoms with E-state index < -0.39 is 12.0 Å². The summed E-state index contributed by atoms with van der Waals surface area (Å²) in [6, 6.07) is 5.53. The zero-order valence-electron chi connectivity index (χ0n) is 11.1. The molecule has 1 aliphatic carbocycles. The van der Waals surface area contributed by atoms with Crippen molar-refractivity contribution in [1.82, 2.24) is 14.5 Å². The molecular formula is C14H17N3O2. The largest absolute Gasteiger partial charge is 0.480 e. The number of aryl methyl sites for hydroxylation is 1. The number of carboxylic acids is 1. The summed E-state index contributed by atoms with van der Waals surface area (Å²) < 4.78 is 1.93. The van der Waals surface area contributed by atoms with Gasteiger partial charge in [0, 0.05) is 13.1 Å². The van der Waals surface area contributed by atoms with Crippen LogP contribution in [-0.4, -0.2) is 38.6 Å². The normalized spacial score (nSPS) is 17.0. The van der Waals surface area contributed by atoms with Crippen molar-refractivity contribution in [1.29, 1.82) is 0 Å². The number of hydrogen-bond acceptors (Lipinski definition) is 3. The van der Waals surface area contributed by atoms with Gasteiger partial charge >= 0.3 is 5.97 Å². The van der Waals surface area contributed by atoms with Gasteiger partial charge in [-0.25, -0.2) is 4.98 Å². The van der Waals surface area contributed by atoms with Crippen molar-refractivity contribution < 1.29 is 9.90 Å². The summed E-state index contributed by atoms with van der Waals surface area (Å²) in [6.07, 6.45) is 3.92. The number of benzene rings is 1. The Hall–Kier alpha value is -1.88. The first kappa shape index (κ1) is 12.2. The summed E-state index contributed by atoms with van der Waals surface area (Å²) in [5.74, 6) is -0.801. The number of likely N-dealkylation sites (N-methyl/N-ethyl adjacent to an activating group) is 1. The number of nitrogens with zero attached hydrogens (tertiary/aromatic N) is 3. The average molecular weight is 259 g/mol. The van der Waals surface area contributed by atoms with Crippen molar-refractivity contribution >= 4 is 17.0 Å². The van der Waals surface area contributed by atoms with E-state index in [2.05, 4.69) is 4.98 Å². The van der Waals surface area contributed by atoms with Gasteiger partial charge in [-0.05, 0) is 37.6 Å². The molecule has 3 rings (SSSR count). The second-order valence-corrected chi connectivity index (χ2v) is 5.24. The molecule has 0 aliphatic heterocycles. The SMILES string of the molecule is CN(C1CC1)C(C(=O)O)c1ccc2c(c1)ncn2C. The first-order valence-electron chi connectivity index (χ1n) is 6.43. The highest BCUT2D eigenvalue weighted by Crippen LogP contribution is 2.33. The van der Waals surface area contributed by atoms with Gasteiger partial charge in [-0.15, -0.1) is 0 Å². The molecule has 5 nitrogen and oxygen atoms in total. The van der Waals surface area contributed by atoms with Crippen LogP contribution in [0.4, 0.5) is 0 Å². The molecule has 0 amide bonds. The first-order valence-corrected chi connectivity index (χ1v) is 6.43. The van der Waals surface area contributed by atoms with Gasteiger partial charge < -0.3 is 9.67 Å². The number of rotatable bonds is 4. The average Bonchev–Trinajstić information content (AvgIpc) is 3.15. The van der Waals surface area contributed by atoms with Gasteiger partial charge in [0.25, 0.3) is 0 Å². The lowest BCUT2D eigenvalue weighted by Gasteiger charge is -2.24. The van der Waals surface area contributed by atoms with Gasteiger partial charge in [-0.3, -0.25) is 9.69 Å². The van der Waals surface area contributed by atoms with Crippen LogP contribution in [0.3, 0.4) is 0 Å². The summed E-state index contributed by atoms with van der Waals surface area (Å²) in [4.78, 5) is 17.8. The third-order valence-corrected chi connectivity index (χ3v) is 3.83. The Balaban J connectivity index is 2.01. The number of carboxylic acid groups (broad SMARTS) is 1. The number of carbonyl (C=O) groups is 1. The molecular weight excluding hydrogens is 242 g/mol. The second kappa shape index (κ2) is 4.35. The van der Waals surface area contributed by atoms with E-state index in [1.807, 2.05) is 41.8 Å². The van der Waals surface area contributed by atoms with Gasteiger partial charge in [0.05, 0.1) is 17.4 Å². The van der Waals surface area contributed by atoms with Gasteiger partial charge in [-0.2, -0.15) is 0 Å². The van der Waals surface area contributed by atoms with Crippen LogP contribution in [0.25, 0.3) is 11.0 Å². The molecule has 1 atom stereocenters. The number of imidazole rings is 1. The molecule has 19 heavy (non-hydrogen) atoms. The summed E-state index contributed by atoms with van der Waals surface area (Å²) in [7, 11) is 3.82. The Morgan fingerprint density at radius 2 is 2.26 bits per heavy atom. The molecule has 100 valence electrons. The van der Waals surface area contributed by atoms with Crippen LogP contribution in [0.5, 0.6) is 0 Å². The maximum atomic E-state index is 11.5. The molecule has 0 saturated heterocycles. The molecule has 1 aromatic carbocycles. The molecule has 1 saturated carbocycles. The summed E-state index contributed by atoms with van der Waals surface area (Å²) in [5.41, 5.74) is 2.66. The van der Waals surface area contributed by atoms with Gasteiger partial charge in [0.2, 0.25) is 0 Å². The summed E-state index contributed by atoms with van der Waals surface area (Å²) in [6.45, 7) is 0. The lowest BCUT2D eigenvalue weighted by atomic mass is 10.0. The quantitative estimate of drug-likeness (QED) is 0.909. The van der Waals surface area contributed by atoms with Crippen LogP contribution in [0.2, 0.25) is 0 Å². The molecule has 0 radical (unpaired) electrons. The monoisotopic (exact) mass is 259 g/mol. The molecule has 1 aromatic heterocycles. The van der Waals surface area contributed by atoms with Gasteiger partial charge in [0.15, 0.2) is 0 Å². The Labute approximate surface area is 111 Å². The molecule has 1 unspecified atom stereocenters. The van der Waals surface area contributed by atoms with E-state index in [4.69, 9.17) is 0 Å². The van der Waals surface area contributed by atoms with Crippen molar-refractivity contribution in [2.24, 2.45) is 7.05 Å². The highest BCUT2D eigenvalue weighted by Gasteiger charge is 2.35. The van der Waals surface area contributed by atoms with Crippen molar-refractivity contribution in [2.75, 3.05) is 7.05 Å². The predicted molar refractivity (Wildman–Crippen MR) is 71.9 cm³/mol. The Morgan fingerprint density at radius 1 is 1.53 bits per heavy atom. The minimum absolute atomic E-state index is 0.403. The van der Waals surface area contributed by atoms with Crippen LogP contribution in [-0.2, 0) is 11.8 Å². The molecule has 5 heteroatoms. The number of fused-ring (bicyclic) bond motifs is 1. The zero-order chi connectivity index (χ0) is 13.6. The standard InChI is InChI=1S/C14H17N3O2/c1-16-8-15-11-7-9(3-6-12(11)16)13(14(18)19)17(2)10-4-5-10/h3,6-8,10,13H,4-5H2,1-2H3,(H,18,19). The lowest BCUT2D eigenvalue weighted by Crippen LogP contribution is -2.32. The smallest absolute Gasteiger partial charge is 0.325 e. The molecule has 1 fully saturated rings. The van der Waals surface area contributed by atoms with E-state index in [1.165, 1.54) is 0 Å². The number of hydrogen-bond donors (Lipinski definition) is 1. The number of aromatic nitrogens is 2. The molecule has 0 spiro atoms. The van der Waals surface area contributed by atoms with E-state index >= 15 is 0 Å². The predicted octanol–water partition coefficient (Wildman–Crippen LogP) is 1.79. The zero-order valence-corrected chi connectivity index (χ0v) is 11.1. The second-order valence-electron chi connectivity index (χ2n) is 5.24. The lowest BCUT2D eigenvalue weighted by molar-refractivity contribution is -0.143. The topological polar surface area (TPSA) is 58.4 Å². The molecule has 1 aliphatic rings. The van der Waals surface area contributed by atoms with E-state index in [0.717, 1.165) is 29.4 Å². The molecule has 1 N–H and O–H groups in total. The molecule has 0 bridgehead atoms. The first-order chi connectivity index (χ1) is 9.08. The fourth-order valence-corrected chi connectivity index (χ4v) is 2.57. The molecule has 2 aromatic rings. The Kier molecular flexibility index (Phi) is 2.78. The van der Waals surface area contributed by atoms with Crippen LogP contribution in [0, 0.1) is 0 Å². The van der Waals surface area contributed by atoms with Crippen LogP contribution in [0.15, 0.2) is 24.5 Å². The Bertz CT molecular complexity index is 631. The third kappa shape index (κ3) is 2.10. The minimum atomic E-state index is -0.801. The van der Waals surface area contributed by atoms with E-state index in [-0.39, 0.29) is 0 Å². The van der Waals surface area contributed by atoms with Gasteiger partial charge in [0.1, 0.15) is 6.04 Å². The van der Waals surface area contributed by atoms with Crippen molar-refractivity contribution in [3.8, 4) is 0 Å². The Morgan fingerprint density at radius 3 is 2.89 bits per heavy atom. The highest BCUT2D eigenvalue weighted by atomic mass is 16.4. The maximum Gasteiger partial charge on any atom is 0.325 e. The highest BCUT2D eigenvalue weighted by molar-refractivity contribution is 5.80. The molecule has 1 heterocycles. The fourth-order valence-electron chi connectivity index (χ4n) is 2.57. The number of aliphatic carboxylic acids is 1. The fraction of sp³-hybridized carbons (Fsp3) is 0.429. The van der Waals surface area contributed by atoms with E-state index in [0.29, 0.717) is 6.04 Å². The van der Waals surface area contributed by atoms with Crippen molar-refractivity contribution in [3.05, 3.63) is 30.1 Å².